The number of carbonyl (C=O) groups is 1. The summed E-state index contributed by atoms with van der Waals surface area (Å²) in [4.78, 5) is 18.5. The summed E-state index contributed by atoms with van der Waals surface area (Å²) in [5.41, 5.74) is 7.08. The van der Waals surface area contributed by atoms with Crippen LogP contribution in [0.2, 0.25) is 0 Å². The highest BCUT2D eigenvalue weighted by Crippen LogP contribution is 2.27. The molecule has 0 bridgehead atoms. The highest BCUT2D eigenvalue weighted by molar-refractivity contribution is 5.72. The number of anilines is 1. The molecule has 2 aromatic heterocycles. The maximum Gasteiger partial charge on any atom is 0.311 e. The minimum Gasteiger partial charge on any atom is -0.481 e. The van der Waals surface area contributed by atoms with Crippen LogP contribution in [-0.2, 0) is 11.2 Å². The molecule has 0 saturated carbocycles. The third kappa shape index (κ3) is 2.81. The number of aliphatic carboxylic acids is 1. The van der Waals surface area contributed by atoms with Crippen LogP contribution in [0.1, 0.15) is 31.3 Å². The zero-order valence-electron chi connectivity index (χ0n) is 11.6. The molecular formula is C13H14N6O2. The van der Waals surface area contributed by atoms with E-state index >= 15 is 0 Å². The molecule has 0 unspecified atom stereocenters. The van der Waals surface area contributed by atoms with Gasteiger partial charge in [0.15, 0.2) is 0 Å². The van der Waals surface area contributed by atoms with Gasteiger partial charge in [-0.3, -0.25) is 4.79 Å². The van der Waals surface area contributed by atoms with E-state index in [1.165, 1.54) is 12.4 Å². The predicted octanol–water partition coefficient (Wildman–Crippen LogP) is 1.00. The molecule has 2 rings (SSSR count). The normalized spacial score (nSPS) is 10.6. The molecule has 0 aromatic carbocycles. The van der Waals surface area contributed by atoms with Crippen molar-refractivity contribution in [2.75, 3.05) is 5.73 Å². The van der Waals surface area contributed by atoms with Crippen LogP contribution in [0.4, 0.5) is 5.82 Å². The number of nitrogens with zero attached hydrogens (tertiary/aromatic N) is 5. The molecule has 2 heterocycles. The van der Waals surface area contributed by atoms with Crippen LogP contribution in [0.3, 0.4) is 0 Å². The third-order valence-corrected chi connectivity index (χ3v) is 2.84. The Morgan fingerprint density at radius 3 is 2.57 bits per heavy atom. The summed E-state index contributed by atoms with van der Waals surface area (Å²) >= 11 is 0. The van der Waals surface area contributed by atoms with E-state index in [9.17, 15) is 10.1 Å². The van der Waals surface area contributed by atoms with Gasteiger partial charge in [-0.05, 0) is 13.8 Å². The molecule has 8 heteroatoms. The minimum absolute atomic E-state index is 0.0121. The second kappa shape index (κ2) is 5.58. The lowest BCUT2D eigenvalue weighted by molar-refractivity contribution is -0.136. The van der Waals surface area contributed by atoms with Crippen LogP contribution < -0.4 is 5.73 Å². The van der Waals surface area contributed by atoms with Gasteiger partial charge in [-0.2, -0.15) is 10.4 Å². The van der Waals surface area contributed by atoms with Crippen molar-refractivity contribution < 1.29 is 9.90 Å². The first-order valence-electron chi connectivity index (χ1n) is 6.25. The molecule has 108 valence electrons. The highest BCUT2D eigenvalue weighted by atomic mass is 16.4. The number of nitrogen functional groups attached to an aromatic ring is 1. The van der Waals surface area contributed by atoms with Gasteiger partial charge in [0.2, 0.25) is 0 Å². The van der Waals surface area contributed by atoms with Crippen LogP contribution >= 0.6 is 0 Å². The minimum atomic E-state index is -1.01. The van der Waals surface area contributed by atoms with Gasteiger partial charge in [0, 0.05) is 24.0 Å². The van der Waals surface area contributed by atoms with Crippen LogP contribution in [-0.4, -0.2) is 30.8 Å². The van der Waals surface area contributed by atoms with Gasteiger partial charge in [-0.1, -0.05) is 0 Å². The van der Waals surface area contributed by atoms with E-state index in [4.69, 9.17) is 10.8 Å². The first-order valence-corrected chi connectivity index (χ1v) is 6.25. The number of rotatable bonds is 4. The van der Waals surface area contributed by atoms with Crippen molar-refractivity contribution in [2.24, 2.45) is 0 Å². The number of carboxylic acids is 1. The smallest absolute Gasteiger partial charge is 0.311 e. The summed E-state index contributed by atoms with van der Waals surface area (Å²) in [7, 11) is 0. The molecule has 0 aliphatic heterocycles. The molecule has 0 radical (unpaired) electrons. The first-order chi connectivity index (χ1) is 9.93. The Morgan fingerprint density at radius 2 is 2.10 bits per heavy atom. The summed E-state index contributed by atoms with van der Waals surface area (Å²) in [6.07, 6.45) is 2.63. The number of aromatic nitrogens is 4. The van der Waals surface area contributed by atoms with Crippen LogP contribution in [0.25, 0.3) is 11.3 Å². The number of nitriles is 1. The fraction of sp³-hybridized carbons (Fsp3) is 0.308. The lowest BCUT2D eigenvalue weighted by atomic mass is 10.1. The van der Waals surface area contributed by atoms with Crippen molar-refractivity contribution in [3.8, 4) is 17.3 Å². The average Bonchev–Trinajstić information content (AvgIpc) is 2.76. The van der Waals surface area contributed by atoms with Gasteiger partial charge in [0.25, 0.3) is 0 Å². The Kier molecular flexibility index (Phi) is 3.84. The zero-order valence-corrected chi connectivity index (χ0v) is 11.6. The Balaban J connectivity index is 2.45. The van der Waals surface area contributed by atoms with E-state index in [0.717, 1.165) is 0 Å². The summed E-state index contributed by atoms with van der Waals surface area (Å²) in [6, 6.07) is 2.04. The summed E-state index contributed by atoms with van der Waals surface area (Å²) in [5.74, 6) is -0.521. The van der Waals surface area contributed by atoms with Gasteiger partial charge >= 0.3 is 5.97 Å². The number of carboxylic acid groups (broad SMARTS) is 1. The van der Waals surface area contributed by atoms with Crippen LogP contribution in [0.5, 0.6) is 0 Å². The molecule has 2 aromatic rings. The second-order valence-corrected chi connectivity index (χ2v) is 4.72. The largest absolute Gasteiger partial charge is 0.481 e. The van der Waals surface area contributed by atoms with Crippen molar-refractivity contribution in [2.45, 2.75) is 26.3 Å². The quantitative estimate of drug-likeness (QED) is 0.857. The van der Waals surface area contributed by atoms with E-state index in [1.54, 1.807) is 4.68 Å². The molecule has 0 aliphatic rings. The van der Waals surface area contributed by atoms with E-state index < -0.39 is 5.97 Å². The molecular weight excluding hydrogens is 272 g/mol. The van der Waals surface area contributed by atoms with Crippen molar-refractivity contribution in [3.63, 3.8) is 0 Å². The van der Waals surface area contributed by atoms with E-state index in [-0.39, 0.29) is 29.7 Å². The van der Waals surface area contributed by atoms with Crippen molar-refractivity contribution in [3.05, 3.63) is 23.8 Å². The van der Waals surface area contributed by atoms with Gasteiger partial charge in [-0.15, -0.1) is 0 Å². The number of nitrogens with two attached hydrogens (primary N) is 1. The Morgan fingerprint density at radius 1 is 1.48 bits per heavy atom. The topological polar surface area (TPSA) is 131 Å². The van der Waals surface area contributed by atoms with Gasteiger partial charge in [0.05, 0.1) is 0 Å². The van der Waals surface area contributed by atoms with Crippen LogP contribution in [0, 0.1) is 11.3 Å². The molecule has 0 aliphatic carbocycles. The molecule has 21 heavy (non-hydrogen) atoms. The van der Waals surface area contributed by atoms with Gasteiger partial charge in [-0.25, -0.2) is 14.6 Å². The predicted molar refractivity (Wildman–Crippen MR) is 74.1 cm³/mol. The van der Waals surface area contributed by atoms with Crippen molar-refractivity contribution in [1.82, 2.24) is 19.7 Å². The summed E-state index contributed by atoms with van der Waals surface area (Å²) in [6.45, 7) is 3.81. The zero-order chi connectivity index (χ0) is 15.6. The van der Waals surface area contributed by atoms with E-state index in [2.05, 4.69) is 15.1 Å². The molecule has 0 fully saturated rings. The van der Waals surface area contributed by atoms with Crippen molar-refractivity contribution in [1.29, 1.82) is 5.26 Å². The number of hydrogen-bond donors (Lipinski definition) is 2. The maximum atomic E-state index is 10.6. The summed E-state index contributed by atoms with van der Waals surface area (Å²) in [5, 5.41) is 22.2. The fourth-order valence-electron chi connectivity index (χ4n) is 1.86. The van der Waals surface area contributed by atoms with E-state index in [0.29, 0.717) is 11.3 Å². The Labute approximate surface area is 120 Å². The van der Waals surface area contributed by atoms with Gasteiger partial charge in [0.1, 0.15) is 35.4 Å². The second-order valence-electron chi connectivity index (χ2n) is 4.72. The van der Waals surface area contributed by atoms with Gasteiger partial charge < -0.3 is 10.8 Å². The third-order valence-electron chi connectivity index (χ3n) is 2.84. The maximum absolute atomic E-state index is 10.6. The lowest BCUT2D eigenvalue weighted by Gasteiger charge is -2.06. The number of hydrogen-bond acceptors (Lipinski definition) is 6. The van der Waals surface area contributed by atoms with Crippen molar-refractivity contribution >= 4 is 11.8 Å². The van der Waals surface area contributed by atoms with E-state index in [1.807, 2.05) is 19.9 Å². The SMILES string of the molecule is CC(C)n1nc(-c2cnc(CC(=O)O)nc2)c(C#N)c1N. The Bertz CT molecular complexity index is 711. The molecule has 0 spiro atoms. The molecule has 0 amide bonds. The Hall–Kier alpha value is -2.95. The lowest BCUT2D eigenvalue weighted by Crippen LogP contribution is -2.07. The van der Waals surface area contributed by atoms with Crippen LogP contribution in [0.15, 0.2) is 12.4 Å². The standard InChI is InChI=1S/C13H14N6O2/c1-7(2)19-13(15)9(4-14)12(18-19)8-5-16-10(17-6-8)3-11(20)21/h5-7H,3,15H2,1-2H3,(H,20,21). The molecule has 0 saturated heterocycles. The molecule has 0 atom stereocenters. The fourth-order valence-corrected chi connectivity index (χ4v) is 1.86. The first kappa shape index (κ1) is 14.5. The molecule has 8 nitrogen and oxygen atoms in total. The highest BCUT2D eigenvalue weighted by Gasteiger charge is 2.19. The molecule has 3 N–H and O–H groups in total. The monoisotopic (exact) mass is 286 g/mol. The average molecular weight is 286 g/mol. The summed E-state index contributed by atoms with van der Waals surface area (Å²) < 4.78 is 1.55.